The number of nitrogens with one attached hydrogen (secondary N) is 1. The second-order valence-electron chi connectivity index (χ2n) is 3.53. The van der Waals surface area contributed by atoms with Crippen LogP contribution in [0.3, 0.4) is 0 Å². The third kappa shape index (κ3) is 3.74. The Morgan fingerprint density at radius 3 is 1.69 bits per heavy atom. The molecule has 0 radical (unpaired) electrons. The molecule has 0 fully saturated rings. The van der Waals surface area contributed by atoms with E-state index in [9.17, 15) is 0 Å². The van der Waals surface area contributed by atoms with Crippen LogP contribution < -0.4 is 4.98 Å². The fraction of sp³-hybridized carbons (Fsp3) is 1.00. The lowest BCUT2D eigenvalue weighted by Crippen LogP contribution is -2.63. The van der Waals surface area contributed by atoms with Crippen molar-refractivity contribution in [2.75, 3.05) is 21.3 Å². The van der Waals surface area contributed by atoms with Crippen molar-refractivity contribution in [2.24, 2.45) is 0 Å². The van der Waals surface area contributed by atoms with Gasteiger partial charge in [-0.3, -0.25) is 4.98 Å². The van der Waals surface area contributed by atoms with Crippen LogP contribution in [0.5, 0.6) is 0 Å². The van der Waals surface area contributed by atoms with Gasteiger partial charge in [-0.1, -0.05) is 6.92 Å². The van der Waals surface area contributed by atoms with Gasteiger partial charge in [-0.2, -0.15) is 0 Å². The van der Waals surface area contributed by atoms with Crippen LogP contribution in [-0.2, 0) is 13.3 Å². The minimum Gasteiger partial charge on any atom is -0.364 e. The van der Waals surface area contributed by atoms with Crippen molar-refractivity contribution in [3.8, 4) is 0 Å². The average molecular weight is 207 g/mol. The van der Waals surface area contributed by atoms with Crippen LogP contribution in [0, 0.1) is 0 Å². The molecular formula is C8H21NO3Si. The van der Waals surface area contributed by atoms with Crippen molar-refractivity contribution in [3.63, 3.8) is 0 Å². The third-order valence-electron chi connectivity index (χ3n) is 2.18. The first-order valence-electron chi connectivity index (χ1n) is 4.40. The molecule has 5 heteroatoms. The van der Waals surface area contributed by atoms with Gasteiger partial charge < -0.3 is 13.3 Å². The maximum absolute atomic E-state index is 5.26. The van der Waals surface area contributed by atoms with Crippen LogP contribution in [-0.4, -0.2) is 35.8 Å². The van der Waals surface area contributed by atoms with Crippen molar-refractivity contribution in [2.45, 2.75) is 32.7 Å². The molecule has 0 heterocycles. The molecule has 0 spiro atoms. The highest BCUT2D eigenvalue weighted by Gasteiger charge is 2.43. The molecule has 0 aromatic heterocycles. The monoisotopic (exact) mass is 207 g/mol. The largest absolute Gasteiger partial charge is 0.596 e. The summed E-state index contributed by atoms with van der Waals surface area (Å²) < 4.78 is 15.8. The van der Waals surface area contributed by atoms with E-state index < -0.39 is 8.97 Å². The zero-order chi connectivity index (χ0) is 10.5. The summed E-state index contributed by atoms with van der Waals surface area (Å²) in [6.07, 6.45) is 0.984. The topological polar surface area (TPSA) is 39.7 Å². The van der Waals surface area contributed by atoms with Gasteiger partial charge in [0.25, 0.3) is 0 Å². The Balaban J connectivity index is 4.41. The van der Waals surface area contributed by atoms with E-state index in [1.165, 1.54) is 0 Å². The Morgan fingerprint density at radius 1 is 1.08 bits per heavy atom. The van der Waals surface area contributed by atoms with Gasteiger partial charge in [0.1, 0.15) is 0 Å². The molecule has 0 rings (SSSR count). The molecule has 0 saturated carbocycles. The van der Waals surface area contributed by atoms with Crippen LogP contribution in [0.15, 0.2) is 0 Å². The van der Waals surface area contributed by atoms with Crippen LogP contribution >= 0.6 is 0 Å². The maximum Gasteiger partial charge on any atom is 0.596 e. The predicted molar refractivity (Wildman–Crippen MR) is 54.3 cm³/mol. The molecular weight excluding hydrogens is 186 g/mol. The van der Waals surface area contributed by atoms with Crippen molar-refractivity contribution in [3.05, 3.63) is 0 Å². The van der Waals surface area contributed by atoms with Crippen LogP contribution in [0.4, 0.5) is 0 Å². The van der Waals surface area contributed by atoms with E-state index in [0.29, 0.717) is 0 Å². The Bertz CT molecular complexity index is 140. The van der Waals surface area contributed by atoms with E-state index in [1.807, 2.05) is 0 Å². The highest BCUT2D eigenvalue weighted by Crippen LogP contribution is 2.13. The fourth-order valence-corrected chi connectivity index (χ4v) is 2.72. The molecule has 0 unspecified atom stereocenters. The molecule has 0 aliphatic rings. The lowest BCUT2D eigenvalue weighted by Gasteiger charge is -2.33. The molecule has 1 N–H and O–H groups in total. The molecule has 0 bridgehead atoms. The minimum atomic E-state index is -2.62. The summed E-state index contributed by atoms with van der Waals surface area (Å²) in [5.41, 5.74) is -0.0335. The number of rotatable bonds is 6. The summed E-state index contributed by atoms with van der Waals surface area (Å²) in [6, 6.07) is 0. The summed E-state index contributed by atoms with van der Waals surface area (Å²) in [5.74, 6) is 0. The van der Waals surface area contributed by atoms with Gasteiger partial charge in [0.05, 0.1) is 0 Å². The molecule has 0 aliphatic carbocycles. The van der Waals surface area contributed by atoms with Crippen molar-refractivity contribution < 1.29 is 13.3 Å². The summed E-state index contributed by atoms with van der Waals surface area (Å²) in [6.45, 7) is 6.28. The van der Waals surface area contributed by atoms with E-state index in [1.54, 1.807) is 21.3 Å². The summed E-state index contributed by atoms with van der Waals surface area (Å²) in [7, 11) is 2.16. The van der Waals surface area contributed by atoms with E-state index in [4.69, 9.17) is 13.3 Å². The van der Waals surface area contributed by atoms with Crippen molar-refractivity contribution >= 4 is 8.97 Å². The number of hydrogen-bond acceptors (Lipinski definition) is 4. The smallest absolute Gasteiger partial charge is 0.364 e. The average Bonchev–Trinajstić information content (AvgIpc) is 2.14. The molecule has 0 aromatic rings. The molecule has 0 saturated heterocycles. The zero-order valence-corrected chi connectivity index (χ0v) is 10.4. The molecule has 0 amide bonds. The maximum atomic E-state index is 5.26. The van der Waals surface area contributed by atoms with Gasteiger partial charge in [-0.15, -0.1) is 0 Å². The molecule has 4 nitrogen and oxygen atoms in total. The van der Waals surface area contributed by atoms with Crippen LogP contribution in [0.1, 0.15) is 27.2 Å². The van der Waals surface area contributed by atoms with Gasteiger partial charge in [0.15, 0.2) is 0 Å². The van der Waals surface area contributed by atoms with Gasteiger partial charge >= 0.3 is 8.97 Å². The SMILES string of the molecule is CCC(C)(C)N[Si](OC)(OC)OC. The highest BCUT2D eigenvalue weighted by molar-refractivity contribution is 6.57. The first-order valence-corrected chi connectivity index (χ1v) is 6.12. The Hall–Kier alpha value is 0.0569. The summed E-state index contributed by atoms with van der Waals surface area (Å²) >= 11 is 0. The third-order valence-corrected chi connectivity index (χ3v) is 4.78. The predicted octanol–water partition coefficient (Wildman–Crippen LogP) is 1.14. The molecule has 0 aliphatic heterocycles. The van der Waals surface area contributed by atoms with Gasteiger partial charge in [-0.25, -0.2) is 0 Å². The quantitative estimate of drug-likeness (QED) is 0.663. The summed E-state index contributed by atoms with van der Waals surface area (Å²) in [4.78, 5) is 3.28. The van der Waals surface area contributed by atoms with Crippen molar-refractivity contribution in [1.82, 2.24) is 4.98 Å². The molecule has 0 aromatic carbocycles. The van der Waals surface area contributed by atoms with Gasteiger partial charge in [0.2, 0.25) is 0 Å². The highest BCUT2D eigenvalue weighted by atomic mass is 28.4. The number of hydrogen-bond donors (Lipinski definition) is 1. The van der Waals surface area contributed by atoms with E-state index >= 15 is 0 Å². The standard InChI is InChI=1S/C8H21NO3Si/c1-7-8(2,3)9-13(10-4,11-5)12-6/h9H,7H2,1-6H3. The minimum absolute atomic E-state index is 0.0335. The Labute approximate surface area is 82.0 Å². The summed E-state index contributed by atoms with van der Waals surface area (Å²) in [5, 5.41) is 0. The second kappa shape index (κ2) is 5.07. The fourth-order valence-electron chi connectivity index (χ4n) is 0.906. The lowest BCUT2D eigenvalue weighted by molar-refractivity contribution is 0.0972. The lowest BCUT2D eigenvalue weighted by atomic mass is 10.0. The van der Waals surface area contributed by atoms with Gasteiger partial charge in [0, 0.05) is 26.9 Å². The van der Waals surface area contributed by atoms with E-state index in [0.717, 1.165) is 6.42 Å². The van der Waals surface area contributed by atoms with Crippen molar-refractivity contribution in [1.29, 1.82) is 0 Å². The first kappa shape index (κ1) is 13.1. The van der Waals surface area contributed by atoms with Crippen LogP contribution in [0.2, 0.25) is 0 Å². The second-order valence-corrected chi connectivity index (χ2v) is 6.12. The zero-order valence-electron chi connectivity index (χ0n) is 9.43. The first-order chi connectivity index (χ1) is 5.95. The van der Waals surface area contributed by atoms with Gasteiger partial charge in [-0.05, 0) is 20.3 Å². The molecule has 80 valence electrons. The molecule has 13 heavy (non-hydrogen) atoms. The Morgan fingerprint density at radius 2 is 1.46 bits per heavy atom. The molecule has 0 atom stereocenters. The van der Waals surface area contributed by atoms with E-state index in [-0.39, 0.29) is 5.54 Å². The van der Waals surface area contributed by atoms with E-state index in [2.05, 4.69) is 25.8 Å². The normalized spacial score (nSPS) is 13.4. The van der Waals surface area contributed by atoms with Crippen LogP contribution in [0.25, 0.3) is 0 Å². The Kier molecular flexibility index (Phi) is 5.09.